The number of benzene rings is 1. The average molecular weight is 420 g/mol. The molecule has 5 rings (SSSR count). The third kappa shape index (κ3) is 3.43. The number of carbonyl (C=O) groups excluding carboxylic acids is 1. The molecule has 1 amide bonds. The molecule has 0 unspecified atom stereocenters. The smallest absolute Gasteiger partial charge is 0.256 e. The molecule has 0 bridgehead atoms. The molecule has 30 heavy (non-hydrogen) atoms. The fourth-order valence-electron chi connectivity index (χ4n) is 3.79. The van der Waals surface area contributed by atoms with Gasteiger partial charge in [0.25, 0.3) is 5.91 Å². The van der Waals surface area contributed by atoms with Gasteiger partial charge in [0, 0.05) is 18.0 Å². The monoisotopic (exact) mass is 420 g/mol. The molecule has 0 spiro atoms. The van der Waals surface area contributed by atoms with Crippen LogP contribution in [0.5, 0.6) is 5.75 Å². The van der Waals surface area contributed by atoms with Crippen LogP contribution in [0.4, 0.5) is 5.00 Å². The zero-order chi connectivity index (χ0) is 20.7. The second-order valence-corrected chi connectivity index (χ2v) is 8.58. The molecule has 2 aromatic heterocycles. The first-order chi connectivity index (χ1) is 14.6. The number of furan rings is 1. The number of thiophene rings is 1. The van der Waals surface area contributed by atoms with Crippen LogP contribution in [-0.4, -0.2) is 24.4 Å². The number of rotatable bonds is 4. The highest BCUT2D eigenvalue weighted by molar-refractivity contribution is 7.16. The Morgan fingerprint density at radius 3 is 2.90 bits per heavy atom. The van der Waals surface area contributed by atoms with Gasteiger partial charge < -0.3 is 24.7 Å². The number of ether oxygens (including phenoxy) is 1. The summed E-state index contributed by atoms with van der Waals surface area (Å²) in [5.41, 5.74) is 2.55. The molecule has 0 saturated carbocycles. The molecule has 2 aliphatic rings. The fraction of sp³-hybridized carbons (Fsp3) is 0.273. The largest absolute Gasteiger partial charge is 0.486 e. The van der Waals surface area contributed by atoms with E-state index in [0.29, 0.717) is 22.8 Å². The molecule has 3 aromatic rings. The van der Waals surface area contributed by atoms with E-state index in [2.05, 4.69) is 28.7 Å². The standard InChI is InChI=1S/C22H20N4O3S/c1-26-9-8-16-18(11-26)30-22-19(16)21(27)24-20(25-22)17-7-6-15(29-17)12-28-14-4-2-13(10-23)3-5-14/h2-7,20,25H,8-9,11-12H2,1H3,(H,24,27)/t20-/m0/s1. The quantitative estimate of drug-likeness (QED) is 0.670. The lowest BCUT2D eigenvalue weighted by Crippen LogP contribution is -2.38. The Hall–Kier alpha value is -3.28. The van der Waals surface area contributed by atoms with Gasteiger partial charge in [-0.05, 0) is 55.4 Å². The summed E-state index contributed by atoms with van der Waals surface area (Å²) in [5, 5.41) is 16.2. The minimum absolute atomic E-state index is 0.0532. The molecule has 0 radical (unpaired) electrons. The maximum absolute atomic E-state index is 12.8. The summed E-state index contributed by atoms with van der Waals surface area (Å²) in [7, 11) is 2.10. The van der Waals surface area contributed by atoms with Crippen molar-refractivity contribution in [3.63, 3.8) is 0 Å². The zero-order valence-corrected chi connectivity index (χ0v) is 17.2. The predicted molar refractivity (Wildman–Crippen MR) is 112 cm³/mol. The second-order valence-electron chi connectivity index (χ2n) is 7.48. The normalized spacial score (nSPS) is 18.0. The number of amides is 1. The van der Waals surface area contributed by atoms with Gasteiger partial charge in [-0.2, -0.15) is 5.26 Å². The van der Waals surface area contributed by atoms with Gasteiger partial charge in [-0.25, -0.2) is 0 Å². The van der Waals surface area contributed by atoms with Crippen molar-refractivity contribution in [1.29, 1.82) is 5.26 Å². The molecular weight excluding hydrogens is 400 g/mol. The molecule has 0 fully saturated rings. The zero-order valence-electron chi connectivity index (χ0n) is 16.4. The lowest BCUT2D eigenvalue weighted by molar-refractivity contribution is 0.0929. The van der Waals surface area contributed by atoms with Crippen LogP contribution in [0.1, 0.15) is 44.0 Å². The number of nitrogens with zero attached hydrogens (tertiary/aromatic N) is 2. The summed E-state index contributed by atoms with van der Waals surface area (Å²) < 4.78 is 11.6. The Morgan fingerprint density at radius 1 is 1.27 bits per heavy atom. The fourth-order valence-corrected chi connectivity index (χ4v) is 5.15. The van der Waals surface area contributed by atoms with Crippen molar-refractivity contribution < 1.29 is 13.9 Å². The number of hydrogen-bond acceptors (Lipinski definition) is 7. The van der Waals surface area contributed by atoms with Crippen molar-refractivity contribution in [3.8, 4) is 11.8 Å². The van der Waals surface area contributed by atoms with Crippen LogP contribution in [-0.2, 0) is 19.6 Å². The summed E-state index contributed by atoms with van der Waals surface area (Å²) in [5.74, 6) is 1.90. The molecule has 2 aliphatic heterocycles. The van der Waals surface area contributed by atoms with Gasteiger partial charge >= 0.3 is 0 Å². The topological polar surface area (TPSA) is 90.5 Å². The maximum atomic E-state index is 12.8. The van der Waals surface area contributed by atoms with Crippen molar-refractivity contribution >= 4 is 22.2 Å². The number of anilines is 1. The highest BCUT2D eigenvalue weighted by atomic mass is 32.1. The van der Waals surface area contributed by atoms with Gasteiger partial charge in [0.2, 0.25) is 0 Å². The third-order valence-electron chi connectivity index (χ3n) is 5.36. The van der Waals surface area contributed by atoms with E-state index in [-0.39, 0.29) is 12.5 Å². The van der Waals surface area contributed by atoms with E-state index in [1.807, 2.05) is 12.1 Å². The summed E-state index contributed by atoms with van der Waals surface area (Å²) in [6.07, 6.45) is 0.487. The SMILES string of the molecule is CN1CCc2c(sc3c2C(=O)N[C@H](c2ccc(COc4ccc(C#N)cc4)o2)N3)C1. The Labute approximate surface area is 177 Å². The van der Waals surface area contributed by atoms with Crippen molar-refractivity contribution in [2.45, 2.75) is 25.7 Å². The molecule has 1 atom stereocenters. The van der Waals surface area contributed by atoms with E-state index in [4.69, 9.17) is 14.4 Å². The molecule has 152 valence electrons. The van der Waals surface area contributed by atoms with Gasteiger partial charge in [0.1, 0.15) is 28.9 Å². The molecule has 8 heteroatoms. The molecule has 2 N–H and O–H groups in total. The van der Waals surface area contributed by atoms with E-state index in [1.54, 1.807) is 35.6 Å². The summed E-state index contributed by atoms with van der Waals surface area (Å²) in [4.78, 5) is 16.3. The Balaban J connectivity index is 1.29. The van der Waals surface area contributed by atoms with Gasteiger partial charge in [0.05, 0.1) is 17.2 Å². The van der Waals surface area contributed by atoms with E-state index < -0.39 is 6.17 Å². The Kier molecular flexibility index (Phi) is 4.69. The maximum Gasteiger partial charge on any atom is 0.256 e. The first kappa shape index (κ1) is 18.7. The van der Waals surface area contributed by atoms with Gasteiger partial charge in [-0.15, -0.1) is 11.3 Å². The van der Waals surface area contributed by atoms with Crippen molar-refractivity contribution in [3.05, 3.63) is 69.5 Å². The van der Waals surface area contributed by atoms with Crippen LogP contribution < -0.4 is 15.4 Å². The van der Waals surface area contributed by atoms with Crippen molar-refractivity contribution in [2.24, 2.45) is 0 Å². The lowest BCUT2D eigenvalue weighted by atomic mass is 10.0. The van der Waals surface area contributed by atoms with Gasteiger partial charge in [-0.1, -0.05) is 0 Å². The molecular formula is C22H20N4O3S. The van der Waals surface area contributed by atoms with Crippen LogP contribution in [0, 0.1) is 11.3 Å². The number of nitrogens with one attached hydrogen (secondary N) is 2. The Bertz CT molecular complexity index is 1140. The van der Waals surface area contributed by atoms with Gasteiger partial charge in [0.15, 0.2) is 6.17 Å². The highest BCUT2D eigenvalue weighted by Gasteiger charge is 2.33. The van der Waals surface area contributed by atoms with Crippen LogP contribution in [0.2, 0.25) is 0 Å². The third-order valence-corrected chi connectivity index (χ3v) is 6.51. The van der Waals surface area contributed by atoms with Crippen molar-refractivity contribution in [2.75, 3.05) is 18.9 Å². The molecule has 0 saturated heterocycles. The number of nitriles is 1. The lowest BCUT2D eigenvalue weighted by Gasteiger charge is -2.26. The number of likely N-dealkylation sites (N-methyl/N-ethyl adjacent to an activating group) is 1. The van der Waals surface area contributed by atoms with E-state index >= 15 is 0 Å². The van der Waals surface area contributed by atoms with Crippen LogP contribution in [0.15, 0.2) is 40.8 Å². The van der Waals surface area contributed by atoms with Gasteiger partial charge in [-0.3, -0.25) is 4.79 Å². The molecule has 0 aliphatic carbocycles. The summed E-state index contributed by atoms with van der Waals surface area (Å²) in [6, 6.07) is 12.7. The number of fused-ring (bicyclic) bond motifs is 3. The molecule has 4 heterocycles. The first-order valence-electron chi connectivity index (χ1n) is 9.73. The predicted octanol–water partition coefficient (Wildman–Crippen LogP) is 3.63. The number of hydrogen-bond donors (Lipinski definition) is 2. The van der Waals surface area contributed by atoms with Crippen LogP contribution >= 0.6 is 11.3 Å². The number of carbonyl (C=O) groups is 1. The van der Waals surface area contributed by atoms with E-state index in [1.165, 1.54) is 10.4 Å². The minimum atomic E-state index is -0.411. The second kappa shape index (κ2) is 7.52. The minimum Gasteiger partial charge on any atom is -0.486 e. The van der Waals surface area contributed by atoms with E-state index in [0.717, 1.165) is 30.1 Å². The summed E-state index contributed by atoms with van der Waals surface area (Å²) >= 11 is 1.66. The molecule has 1 aromatic carbocycles. The van der Waals surface area contributed by atoms with Crippen LogP contribution in [0.3, 0.4) is 0 Å². The highest BCUT2D eigenvalue weighted by Crippen LogP contribution is 2.40. The first-order valence-corrected chi connectivity index (χ1v) is 10.5. The van der Waals surface area contributed by atoms with E-state index in [9.17, 15) is 4.79 Å². The molecule has 7 nitrogen and oxygen atoms in total. The van der Waals surface area contributed by atoms with Crippen molar-refractivity contribution in [1.82, 2.24) is 10.2 Å². The summed E-state index contributed by atoms with van der Waals surface area (Å²) in [6.45, 7) is 2.11. The van der Waals surface area contributed by atoms with Crippen LogP contribution in [0.25, 0.3) is 0 Å². The Morgan fingerprint density at radius 2 is 2.10 bits per heavy atom. The average Bonchev–Trinajstić information content (AvgIpc) is 3.36.